The van der Waals surface area contributed by atoms with Crippen molar-refractivity contribution in [2.45, 2.75) is 58.2 Å². The lowest BCUT2D eigenvalue weighted by Crippen LogP contribution is -2.48. The molecule has 0 bridgehead atoms. The third-order valence-corrected chi connectivity index (χ3v) is 4.79. The number of rotatable bonds is 6. The zero-order chi connectivity index (χ0) is 19.3. The second-order valence-electron chi connectivity index (χ2n) is 6.98. The second kappa shape index (κ2) is 8.64. The quantitative estimate of drug-likeness (QED) is 0.595. The largest absolute Gasteiger partial charge is 0.481 e. The number of nitro benzene ring substituents is 1. The zero-order valence-corrected chi connectivity index (χ0v) is 15.1. The Balaban J connectivity index is 1.95. The molecule has 1 aromatic rings. The summed E-state index contributed by atoms with van der Waals surface area (Å²) in [5.74, 6) is -1.08. The number of benzene rings is 1. The molecule has 0 saturated heterocycles. The SMILES string of the molecule is CC(C)N(Cc1ccc([N+](=O)[O-])cc1)C(=O)NC1CCC(C(=O)O)CC1. The van der Waals surface area contributed by atoms with Crippen molar-refractivity contribution in [2.75, 3.05) is 0 Å². The number of hydrogen-bond donors (Lipinski definition) is 2. The van der Waals surface area contributed by atoms with Gasteiger partial charge < -0.3 is 15.3 Å². The predicted octanol–water partition coefficient (Wildman–Crippen LogP) is 3.16. The first-order valence-electron chi connectivity index (χ1n) is 8.81. The lowest BCUT2D eigenvalue weighted by Gasteiger charge is -2.32. The molecule has 8 nitrogen and oxygen atoms in total. The van der Waals surface area contributed by atoms with Gasteiger partial charge in [0.2, 0.25) is 0 Å². The molecule has 0 atom stereocenters. The highest BCUT2D eigenvalue weighted by atomic mass is 16.6. The summed E-state index contributed by atoms with van der Waals surface area (Å²) in [5.41, 5.74) is 0.832. The molecule has 0 aliphatic heterocycles. The molecule has 26 heavy (non-hydrogen) atoms. The molecule has 0 radical (unpaired) electrons. The molecule has 142 valence electrons. The summed E-state index contributed by atoms with van der Waals surface area (Å²) in [6, 6.07) is 5.91. The fourth-order valence-electron chi connectivity index (χ4n) is 3.15. The average molecular weight is 363 g/mol. The van der Waals surface area contributed by atoms with Crippen molar-refractivity contribution < 1.29 is 19.6 Å². The highest BCUT2D eigenvalue weighted by Crippen LogP contribution is 2.25. The predicted molar refractivity (Wildman–Crippen MR) is 95.7 cm³/mol. The molecule has 0 unspecified atom stereocenters. The number of urea groups is 1. The number of nitrogens with zero attached hydrogens (tertiary/aromatic N) is 2. The number of carbonyl (C=O) groups excluding carboxylic acids is 1. The minimum atomic E-state index is -0.767. The topological polar surface area (TPSA) is 113 Å². The number of aliphatic carboxylic acids is 1. The molecule has 2 rings (SSSR count). The smallest absolute Gasteiger partial charge is 0.318 e. The summed E-state index contributed by atoms with van der Waals surface area (Å²) in [7, 11) is 0. The number of carboxylic acids is 1. The van der Waals surface area contributed by atoms with Crippen molar-refractivity contribution in [1.82, 2.24) is 10.2 Å². The van der Waals surface area contributed by atoms with E-state index in [2.05, 4.69) is 5.32 Å². The fourth-order valence-corrected chi connectivity index (χ4v) is 3.15. The molecule has 1 aliphatic carbocycles. The van der Waals surface area contributed by atoms with Crippen LogP contribution in [-0.2, 0) is 11.3 Å². The van der Waals surface area contributed by atoms with Gasteiger partial charge in [-0.05, 0) is 45.1 Å². The van der Waals surface area contributed by atoms with E-state index in [9.17, 15) is 19.7 Å². The molecule has 1 aliphatic rings. The van der Waals surface area contributed by atoms with E-state index < -0.39 is 10.9 Å². The van der Waals surface area contributed by atoms with Gasteiger partial charge >= 0.3 is 12.0 Å². The first-order valence-corrected chi connectivity index (χ1v) is 8.81. The Hall–Kier alpha value is -2.64. The van der Waals surface area contributed by atoms with Crippen LogP contribution in [0.25, 0.3) is 0 Å². The number of carboxylic acid groups (broad SMARTS) is 1. The average Bonchev–Trinajstić information content (AvgIpc) is 2.60. The standard InChI is InChI=1S/C18H25N3O5/c1-12(2)20(11-13-3-9-16(10-4-13)21(25)26)18(24)19-15-7-5-14(6-8-15)17(22)23/h3-4,9-10,12,14-15H,5-8,11H2,1-2H3,(H,19,24)(H,22,23). The van der Waals surface area contributed by atoms with Gasteiger partial charge in [-0.2, -0.15) is 0 Å². The van der Waals surface area contributed by atoms with Crippen LogP contribution in [0.1, 0.15) is 45.1 Å². The van der Waals surface area contributed by atoms with Gasteiger partial charge in [0.25, 0.3) is 5.69 Å². The van der Waals surface area contributed by atoms with Crippen LogP contribution in [0, 0.1) is 16.0 Å². The normalized spacial score (nSPS) is 19.8. The molecule has 0 spiro atoms. The van der Waals surface area contributed by atoms with E-state index in [4.69, 9.17) is 5.11 Å². The van der Waals surface area contributed by atoms with E-state index in [0.717, 1.165) is 5.56 Å². The Morgan fingerprint density at radius 1 is 1.23 bits per heavy atom. The number of nitro groups is 1. The number of amides is 2. The van der Waals surface area contributed by atoms with Crippen molar-refractivity contribution in [1.29, 1.82) is 0 Å². The molecule has 0 heterocycles. The van der Waals surface area contributed by atoms with E-state index >= 15 is 0 Å². The van der Waals surface area contributed by atoms with Crippen LogP contribution >= 0.6 is 0 Å². The van der Waals surface area contributed by atoms with Gasteiger partial charge in [0, 0.05) is 30.8 Å². The second-order valence-corrected chi connectivity index (χ2v) is 6.98. The van der Waals surface area contributed by atoms with E-state index in [-0.39, 0.29) is 29.7 Å². The summed E-state index contributed by atoms with van der Waals surface area (Å²) in [5, 5.41) is 22.8. The Labute approximate surface area is 152 Å². The van der Waals surface area contributed by atoms with Crippen molar-refractivity contribution in [3.05, 3.63) is 39.9 Å². The molecule has 0 aromatic heterocycles. The van der Waals surface area contributed by atoms with E-state index in [1.165, 1.54) is 12.1 Å². The molecule has 2 amide bonds. The number of hydrogen-bond acceptors (Lipinski definition) is 4. The lowest BCUT2D eigenvalue weighted by molar-refractivity contribution is -0.384. The highest BCUT2D eigenvalue weighted by molar-refractivity contribution is 5.75. The minimum Gasteiger partial charge on any atom is -0.481 e. The maximum Gasteiger partial charge on any atom is 0.318 e. The Morgan fingerprint density at radius 3 is 2.27 bits per heavy atom. The number of nitrogens with one attached hydrogen (secondary N) is 1. The fraction of sp³-hybridized carbons (Fsp3) is 0.556. The third kappa shape index (κ3) is 5.18. The minimum absolute atomic E-state index is 0.0174. The summed E-state index contributed by atoms with van der Waals surface area (Å²) in [4.78, 5) is 35.6. The van der Waals surface area contributed by atoms with Gasteiger partial charge in [0.1, 0.15) is 0 Å². The monoisotopic (exact) mass is 363 g/mol. The summed E-state index contributed by atoms with van der Waals surface area (Å²) in [6.45, 7) is 4.17. The maximum absolute atomic E-state index is 12.6. The highest BCUT2D eigenvalue weighted by Gasteiger charge is 2.28. The summed E-state index contributed by atoms with van der Waals surface area (Å²) in [6.07, 6.45) is 2.47. The van der Waals surface area contributed by atoms with Crippen LogP contribution in [0.3, 0.4) is 0 Å². The Bertz CT molecular complexity index is 651. The first-order chi connectivity index (χ1) is 12.3. The summed E-state index contributed by atoms with van der Waals surface area (Å²) >= 11 is 0. The van der Waals surface area contributed by atoms with Crippen LogP contribution in [0.5, 0.6) is 0 Å². The van der Waals surface area contributed by atoms with E-state index in [1.807, 2.05) is 13.8 Å². The van der Waals surface area contributed by atoms with Crippen LogP contribution in [0.4, 0.5) is 10.5 Å². The summed E-state index contributed by atoms with van der Waals surface area (Å²) < 4.78 is 0. The van der Waals surface area contributed by atoms with Gasteiger partial charge in [-0.15, -0.1) is 0 Å². The van der Waals surface area contributed by atoms with Crippen molar-refractivity contribution in [2.24, 2.45) is 5.92 Å². The van der Waals surface area contributed by atoms with Crippen molar-refractivity contribution in [3.8, 4) is 0 Å². The van der Waals surface area contributed by atoms with Crippen LogP contribution < -0.4 is 5.32 Å². The van der Waals surface area contributed by atoms with Gasteiger partial charge in [-0.1, -0.05) is 12.1 Å². The zero-order valence-electron chi connectivity index (χ0n) is 15.1. The van der Waals surface area contributed by atoms with Gasteiger partial charge in [0.05, 0.1) is 10.8 Å². The van der Waals surface area contributed by atoms with E-state index in [0.29, 0.717) is 32.2 Å². The molecule has 8 heteroatoms. The van der Waals surface area contributed by atoms with E-state index in [1.54, 1.807) is 17.0 Å². The van der Waals surface area contributed by atoms with Crippen molar-refractivity contribution in [3.63, 3.8) is 0 Å². The molecule has 2 N–H and O–H groups in total. The van der Waals surface area contributed by atoms with Gasteiger partial charge in [-0.25, -0.2) is 4.79 Å². The van der Waals surface area contributed by atoms with Gasteiger partial charge in [-0.3, -0.25) is 14.9 Å². The Morgan fingerprint density at radius 2 is 1.81 bits per heavy atom. The number of non-ortho nitro benzene ring substituents is 1. The van der Waals surface area contributed by atoms with Crippen LogP contribution in [0.2, 0.25) is 0 Å². The van der Waals surface area contributed by atoms with Crippen LogP contribution in [-0.4, -0.2) is 39.0 Å². The lowest BCUT2D eigenvalue weighted by atomic mass is 9.86. The maximum atomic E-state index is 12.6. The molecule has 1 aromatic carbocycles. The molecular weight excluding hydrogens is 338 g/mol. The van der Waals surface area contributed by atoms with Gasteiger partial charge in [0.15, 0.2) is 0 Å². The molecular formula is C18H25N3O5. The number of carbonyl (C=O) groups is 2. The third-order valence-electron chi connectivity index (χ3n) is 4.79. The van der Waals surface area contributed by atoms with Crippen LogP contribution in [0.15, 0.2) is 24.3 Å². The first kappa shape index (κ1) is 19.7. The Kier molecular flexibility index (Phi) is 6.54. The molecule has 1 fully saturated rings. The molecule has 1 saturated carbocycles. The van der Waals surface area contributed by atoms with Crippen molar-refractivity contribution >= 4 is 17.7 Å².